The molecule has 1 aromatic rings. The summed E-state index contributed by atoms with van der Waals surface area (Å²) in [7, 11) is -3.62. The third kappa shape index (κ3) is 5.38. The van der Waals surface area contributed by atoms with E-state index >= 15 is 0 Å². The Morgan fingerprint density at radius 2 is 1.50 bits per heavy atom. The molecule has 0 aromatic heterocycles. The van der Waals surface area contributed by atoms with Gasteiger partial charge in [-0.15, -0.1) is 0 Å². The Kier molecular flexibility index (Phi) is 7.10. The Morgan fingerprint density at radius 3 is 1.88 bits per heavy atom. The minimum Gasteiger partial charge on any atom is -0.351 e. The van der Waals surface area contributed by atoms with Gasteiger partial charge in [0.15, 0.2) is 0 Å². The van der Waals surface area contributed by atoms with Crippen LogP contribution >= 0.6 is 11.6 Å². The van der Waals surface area contributed by atoms with E-state index < -0.39 is 16.1 Å². The van der Waals surface area contributed by atoms with Crippen molar-refractivity contribution in [3.05, 3.63) is 29.3 Å². The van der Waals surface area contributed by atoms with Crippen molar-refractivity contribution in [1.29, 1.82) is 0 Å². The third-order valence-corrected chi connectivity index (χ3v) is 5.41. The highest BCUT2D eigenvalue weighted by Gasteiger charge is 2.31. The Balaban J connectivity index is 3.11. The van der Waals surface area contributed by atoms with Crippen molar-refractivity contribution in [2.75, 3.05) is 10.6 Å². The molecule has 5 nitrogen and oxygen atoms in total. The van der Waals surface area contributed by atoms with Crippen molar-refractivity contribution in [3.8, 4) is 0 Å². The van der Waals surface area contributed by atoms with Gasteiger partial charge in [-0.2, -0.15) is 0 Å². The molecule has 0 fully saturated rings. The number of hydrogen-bond acceptors (Lipinski definition) is 3. The van der Waals surface area contributed by atoms with Crippen LogP contribution in [0, 0.1) is 11.8 Å². The van der Waals surface area contributed by atoms with Crippen LogP contribution in [0.5, 0.6) is 0 Å². The monoisotopic (exact) mass is 374 g/mol. The number of anilines is 1. The SMILES string of the molecule is CC(C)C(NC(=O)[C@H](C)N(c1ccc(Cl)cc1)S(C)(=O)=O)C(C)C. The molecule has 0 saturated carbocycles. The number of hydrogen-bond donors (Lipinski definition) is 1. The Labute approximate surface area is 150 Å². The molecule has 0 heterocycles. The Morgan fingerprint density at radius 1 is 1.04 bits per heavy atom. The van der Waals surface area contributed by atoms with Crippen LogP contribution in [0.2, 0.25) is 5.02 Å². The highest BCUT2D eigenvalue weighted by atomic mass is 35.5. The first kappa shape index (κ1) is 20.8. The van der Waals surface area contributed by atoms with Gasteiger partial charge in [0.05, 0.1) is 11.9 Å². The number of halogens is 1. The summed E-state index contributed by atoms with van der Waals surface area (Å²) >= 11 is 5.86. The zero-order valence-electron chi connectivity index (χ0n) is 15.1. The van der Waals surface area contributed by atoms with Gasteiger partial charge in [-0.05, 0) is 43.0 Å². The number of carbonyl (C=O) groups is 1. The van der Waals surface area contributed by atoms with Gasteiger partial charge in [0.2, 0.25) is 15.9 Å². The second-order valence-corrected chi connectivity index (χ2v) is 9.03. The first-order valence-electron chi connectivity index (χ1n) is 8.00. The van der Waals surface area contributed by atoms with E-state index in [1.807, 2.05) is 27.7 Å². The van der Waals surface area contributed by atoms with E-state index in [0.29, 0.717) is 10.7 Å². The van der Waals surface area contributed by atoms with E-state index in [1.54, 1.807) is 31.2 Å². The van der Waals surface area contributed by atoms with Gasteiger partial charge < -0.3 is 5.32 Å². The van der Waals surface area contributed by atoms with E-state index in [0.717, 1.165) is 10.6 Å². The van der Waals surface area contributed by atoms with Gasteiger partial charge in [0, 0.05) is 11.1 Å². The van der Waals surface area contributed by atoms with Gasteiger partial charge in [0.1, 0.15) is 6.04 Å². The number of sulfonamides is 1. The fourth-order valence-electron chi connectivity index (χ4n) is 2.78. The molecule has 1 N–H and O–H groups in total. The summed E-state index contributed by atoms with van der Waals surface area (Å²) in [5.41, 5.74) is 0.412. The summed E-state index contributed by atoms with van der Waals surface area (Å²) in [5.74, 6) is 0.189. The first-order valence-corrected chi connectivity index (χ1v) is 10.2. The minimum absolute atomic E-state index is 0.0217. The summed E-state index contributed by atoms with van der Waals surface area (Å²) in [6.45, 7) is 9.71. The molecule has 0 aliphatic heterocycles. The third-order valence-electron chi connectivity index (χ3n) is 3.92. The van der Waals surface area contributed by atoms with Gasteiger partial charge in [-0.25, -0.2) is 8.42 Å². The van der Waals surface area contributed by atoms with Crippen molar-refractivity contribution in [2.24, 2.45) is 11.8 Å². The molecule has 1 atom stereocenters. The smallest absolute Gasteiger partial charge is 0.243 e. The molecule has 0 aliphatic rings. The van der Waals surface area contributed by atoms with Crippen molar-refractivity contribution in [3.63, 3.8) is 0 Å². The van der Waals surface area contributed by atoms with Gasteiger partial charge >= 0.3 is 0 Å². The summed E-state index contributed by atoms with van der Waals surface area (Å²) in [6.07, 6.45) is 1.09. The minimum atomic E-state index is -3.62. The van der Waals surface area contributed by atoms with Gasteiger partial charge in [-0.3, -0.25) is 9.10 Å². The van der Waals surface area contributed by atoms with E-state index in [-0.39, 0.29) is 23.8 Å². The van der Waals surface area contributed by atoms with Crippen LogP contribution in [0.25, 0.3) is 0 Å². The quantitative estimate of drug-likeness (QED) is 0.796. The number of carbonyl (C=O) groups excluding carboxylic acids is 1. The summed E-state index contributed by atoms with van der Waals surface area (Å²) in [6, 6.07) is 5.51. The molecule has 1 amide bonds. The van der Waals surface area contributed by atoms with Crippen molar-refractivity contribution < 1.29 is 13.2 Å². The van der Waals surface area contributed by atoms with Gasteiger partial charge in [-0.1, -0.05) is 39.3 Å². The van der Waals surface area contributed by atoms with Gasteiger partial charge in [0.25, 0.3) is 0 Å². The van der Waals surface area contributed by atoms with Crippen LogP contribution in [-0.4, -0.2) is 32.7 Å². The number of rotatable bonds is 7. The molecular formula is C17H27ClN2O3S. The molecule has 0 unspecified atom stereocenters. The molecule has 0 aliphatic carbocycles. The Bertz CT molecular complexity index is 649. The lowest BCUT2D eigenvalue weighted by Crippen LogP contribution is -2.52. The molecule has 24 heavy (non-hydrogen) atoms. The molecule has 136 valence electrons. The van der Waals surface area contributed by atoms with Crippen LogP contribution in [0.15, 0.2) is 24.3 Å². The average molecular weight is 375 g/mol. The molecule has 0 spiro atoms. The number of nitrogens with one attached hydrogen (secondary N) is 1. The molecule has 0 radical (unpaired) electrons. The summed E-state index contributed by atoms with van der Waals surface area (Å²) in [4.78, 5) is 12.6. The second-order valence-electron chi connectivity index (χ2n) is 6.73. The maximum Gasteiger partial charge on any atom is 0.243 e. The van der Waals surface area contributed by atoms with Crippen molar-refractivity contribution in [2.45, 2.75) is 46.7 Å². The lowest BCUT2D eigenvalue weighted by molar-refractivity contribution is -0.123. The van der Waals surface area contributed by atoms with E-state index in [9.17, 15) is 13.2 Å². The molecule has 1 aromatic carbocycles. The van der Waals surface area contributed by atoms with Crippen LogP contribution in [-0.2, 0) is 14.8 Å². The van der Waals surface area contributed by atoms with Crippen LogP contribution in [0.1, 0.15) is 34.6 Å². The topological polar surface area (TPSA) is 66.5 Å². The zero-order chi connectivity index (χ0) is 18.7. The fourth-order valence-corrected chi connectivity index (χ4v) is 4.09. The molecule has 1 rings (SSSR count). The van der Waals surface area contributed by atoms with Crippen molar-refractivity contribution >= 4 is 33.2 Å². The van der Waals surface area contributed by atoms with E-state index in [4.69, 9.17) is 11.6 Å². The molecular weight excluding hydrogens is 348 g/mol. The Hall–Kier alpha value is -1.27. The molecule has 7 heteroatoms. The van der Waals surface area contributed by atoms with Crippen molar-refractivity contribution in [1.82, 2.24) is 5.32 Å². The predicted octanol–water partition coefficient (Wildman–Crippen LogP) is 3.29. The van der Waals surface area contributed by atoms with Crippen LogP contribution < -0.4 is 9.62 Å². The molecule has 0 saturated heterocycles. The maximum atomic E-state index is 12.6. The number of nitrogens with zero attached hydrogens (tertiary/aromatic N) is 1. The normalized spacial score (nSPS) is 13.4. The molecule has 0 bridgehead atoms. The van der Waals surface area contributed by atoms with E-state index in [2.05, 4.69) is 5.32 Å². The lowest BCUT2D eigenvalue weighted by Gasteiger charge is -2.32. The standard InChI is InChI=1S/C17H27ClN2O3S/c1-11(2)16(12(3)4)19-17(21)13(5)20(24(6,22)23)15-9-7-14(18)8-10-15/h7-13,16H,1-6H3,(H,19,21)/t13-/m0/s1. The second kappa shape index (κ2) is 8.21. The summed E-state index contributed by atoms with van der Waals surface area (Å²) in [5, 5.41) is 3.48. The fraction of sp³-hybridized carbons (Fsp3) is 0.588. The number of amides is 1. The van der Waals surface area contributed by atoms with Crippen LogP contribution in [0.3, 0.4) is 0 Å². The first-order chi connectivity index (χ1) is 10.9. The predicted molar refractivity (Wildman–Crippen MR) is 99.8 cm³/mol. The van der Waals surface area contributed by atoms with Crippen LogP contribution in [0.4, 0.5) is 5.69 Å². The average Bonchev–Trinajstić information content (AvgIpc) is 2.44. The summed E-state index contributed by atoms with van der Waals surface area (Å²) < 4.78 is 25.6. The zero-order valence-corrected chi connectivity index (χ0v) is 16.6. The number of benzene rings is 1. The highest BCUT2D eigenvalue weighted by Crippen LogP contribution is 2.23. The highest BCUT2D eigenvalue weighted by molar-refractivity contribution is 7.92. The maximum absolute atomic E-state index is 12.6. The lowest BCUT2D eigenvalue weighted by atomic mass is 9.93. The van der Waals surface area contributed by atoms with E-state index in [1.165, 1.54) is 0 Å². The largest absolute Gasteiger partial charge is 0.351 e.